The first kappa shape index (κ1) is 13.4. The number of nitrogens with one attached hydrogen (secondary N) is 2. The number of anilines is 1. The molecule has 0 saturated carbocycles. The molecule has 0 aliphatic carbocycles. The summed E-state index contributed by atoms with van der Waals surface area (Å²) >= 11 is 0. The van der Waals surface area contributed by atoms with Crippen LogP contribution in [0.1, 0.15) is 30.3 Å². The number of pyridine rings is 1. The van der Waals surface area contributed by atoms with E-state index in [0.29, 0.717) is 18.3 Å². The van der Waals surface area contributed by atoms with E-state index in [-0.39, 0.29) is 5.91 Å². The van der Waals surface area contributed by atoms with Gasteiger partial charge in [0, 0.05) is 25.0 Å². The monoisotopic (exact) mass is 236 g/mol. The fourth-order valence-corrected chi connectivity index (χ4v) is 1.59. The molecule has 0 aliphatic heterocycles. The lowest BCUT2D eigenvalue weighted by atomic mass is 10.1. The molecule has 0 aliphatic rings. The highest BCUT2D eigenvalue weighted by molar-refractivity contribution is 5.92. The maximum atomic E-state index is 11.4. The van der Waals surface area contributed by atoms with Crippen LogP contribution in [0.5, 0.6) is 0 Å². The van der Waals surface area contributed by atoms with E-state index >= 15 is 0 Å². The topological polar surface area (TPSA) is 80.0 Å². The summed E-state index contributed by atoms with van der Waals surface area (Å²) in [6.07, 6.45) is 3.53. The molecule has 0 radical (unpaired) electrons. The van der Waals surface area contributed by atoms with Crippen LogP contribution in [0.3, 0.4) is 0 Å². The molecule has 5 heteroatoms. The van der Waals surface area contributed by atoms with Gasteiger partial charge in [-0.2, -0.15) is 0 Å². The lowest BCUT2D eigenvalue weighted by Gasteiger charge is -2.17. The number of hydrogen-bond donors (Lipinski definition) is 3. The first-order valence-electron chi connectivity index (χ1n) is 5.86. The van der Waals surface area contributed by atoms with Crippen LogP contribution in [0.2, 0.25) is 0 Å². The van der Waals surface area contributed by atoms with E-state index < -0.39 is 0 Å². The lowest BCUT2D eigenvalue weighted by molar-refractivity contribution is 0.0958. The van der Waals surface area contributed by atoms with Crippen molar-refractivity contribution in [3.63, 3.8) is 0 Å². The number of amides is 1. The summed E-state index contributed by atoms with van der Waals surface area (Å²) in [6.45, 7) is 2.76. The summed E-state index contributed by atoms with van der Waals surface area (Å²) < 4.78 is 0. The average Bonchev–Trinajstić information content (AvgIpc) is 2.37. The Morgan fingerprint density at radius 1 is 1.59 bits per heavy atom. The fourth-order valence-electron chi connectivity index (χ4n) is 1.59. The number of nitrogens with two attached hydrogens (primary N) is 1. The van der Waals surface area contributed by atoms with Gasteiger partial charge in [0.1, 0.15) is 5.69 Å². The van der Waals surface area contributed by atoms with E-state index in [0.717, 1.165) is 18.5 Å². The second-order valence-electron chi connectivity index (χ2n) is 3.84. The first-order chi connectivity index (χ1) is 8.21. The van der Waals surface area contributed by atoms with Gasteiger partial charge in [-0.05, 0) is 31.5 Å². The predicted octanol–water partition coefficient (Wildman–Crippen LogP) is 0.981. The van der Waals surface area contributed by atoms with Crippen molar-refractivity contribution in [3.05, 3.63) is 24.0 Å². The second kappa shape index (κ2) is 6.85. The molecule has 4 N–H and O–H groups in total. The largest absolute Gasteiger partial charge is 0.382 e. The molecule has 1 aromatic heterocycles. The summed E-state index contributed by atoms with van der Waals surface area (Å²) in [5.74, 6) is -0.180. The minimum Gasteiger partial charge on any atom is -0.382 e. The van der Waals surface area contributed by atoms with Gasteiger partial charge >= 0.3 is 0 Å². The Bertz CT molecular complexity index is 367. The van der Waals surface area contributed by atoms with E-state index in [1.54, 1.807) is 19.3 Å². The Morgan fingerprint density at radius 3 is 2.94 bits per heavy atom. The van der Waals surface area contributed by atoms with Crippen LogP contribution in [0, 0.1) is 0 Å². The van der Waals surface area contributed by atoms with Crippen LogP contribution in [0.25, 0.3) is 0 Å². The molecule has 1 unspecified atom stereocenters. The fraction of sp³-hybridized carbons (Fsp3) is 0.500. The molecule has 0 saturated heterocycles. The summed E-state index contributed by atoms with van der Waals surface area (Å²) in [7, 11) is 1.59. The zero-order chi connectivity index (χ0) is 12.7. The van der Waals surface area contributed by atoms with Gasteiger partial charge in [-0.25, -0.2) is 0 Å². The van der Waals surface area contributed by atoms with E-state index in [2.05, 4.69) is 22.5 Å². The Labute approximate surface area is 102 Å². The van der Waals surface area contributed by atoms with Crippen LogP contribution in [-0.2, 0) is 0 Å². The highest BCUT2D eigenvalue weighted by Gasteiger charge is 2.08. The summed E-state index contributed by atoms with van der Waals surface area (Å²) in [5, 5.41) is 5.90. The van der Waals surface area contributed by atoms with Crippen LogP contribution in [0.4, 0.5) is 5.69 Å². The normalized spacial score (nSPS) is 11.9. The minimum absolute atomic E-state index is 0.180. The summed E-state index contributed by atoms with van der Waals surface area (Å²) in [6, 6.07) is 3.93. The standard InChI is InChI=1S/C12H20N4O/c1-3-9(4-6-13)16-10-5-7-15-11(8-10)12(17)14-2/h5,7-9H,3-4,6,13H2,1-2H3,(H,14,17)(H,15,16). The Hall–Kier alpha value is -1.62. The van der Waals surface area contributed by atoms with Crippen LogP contribution in [0.15, 0.2) is 18.3 Å². The van der Waals surface area contributed by atoms with Crippen molar-refractivity contribution in [1.29, 1.82) is 0 Å². The van der Waals surface area contributed by atoms with E-state index in [1.165, 1.54) is 0 Å². The predicted molar refractivity (Wildman–Crippen MR) is 69.0 cm³/mol. The molecular weight excluding hydrogens is 216 g/mol. The van der Waals surface area contributed by atoms with Crippen molar-refractivity contribution < 1.29 is 4.79 Å². The SMILES string of the molecule is CCC(CCN)Nc1ccnc(C(=O)NC)c1. The molecule has 1 rings (SSSR count). The highest BCUT2D eigenvalue weighted by Crippen LogP contribution is 2.12. The van der Waals surface area contributed by atoms with Crippen molar-refractivity contribution in [2.24, 2.45) is 5.73 Å². The first-order valence-corrected chi connectivity index (χ1v) is 5.86. The highest BCUT2D eigenvalue weighted by atomic mass is 16.1. The van der Waals surface area contributed by atoms with Gasteiger partial charge in [0.15, 0.2) is 0 Å². The third-order valence-electron chi connectivity index (χ3n) is 2.60. The van der Waals surface area contributed by atoms with Crippen molar-refractivity contribution >= 4 is 11.6 Å². The van der Waals surface area contributed by atoms with Crippen molar-refractivity contribution in [3.8, 4) is 0 Å². The third kappa shape index (κ3) is 4.03. The van der Waals surface area contributed by atoms with Crippen molar-refractivity contribution in [2.75, 3.05) is 18.9 Å². The van der Waals surface area contributed by atoms with Gasteiger partial charge in [-0.1, -0.05) is 6.92 Å². The van der Waals surface area contributed by atoms with Gasteiger partial charge in [-0.3, -0.25) is 9.78 Å². The number of rotatable bonds is 6. The summed E-state index contributed by atoms with van der Waals surface area (Å²) in [5.41, 5.74) is 6.86. The third-order valence-corrected chi connectivity index (χ3v) is 2.60. The van der Waals surface area contributed by atoms with Crippen molar-refractivity contribution in [2.45, 2.75) is 25.8 Å². The van der Waals surface area contributed by atoms with Gasteiger partial charge in [0.25, 0.3) is 5.91 Å². The maximum Gasteiger partial charge on any atom is 0.269 e. The molecule has 94 valence electrons. The number of nitrogens with zero attached hydrogens (tertiary/aromatic N) is 1. The molecule has 0 bridgehead atoms. The minimum atomic E-state index is -0.180. The van der Waals surface area contributed by atoms with Gasteiger partial charge in [0.05, 0.1) is 0 Å². The van der Waals surface area contributed by atoms with Gasteiger partial charge in [0.2, 0.25) is 0 Å². The molecule has 1 amide bonds. The molecular formula is C12H20N4O. The van der Waals surface area contributed by atoms with E-state index in [4.69, 9.17) is 5.73 Å². The second-order valence-corrected chi connectivity index (χ2v) is 3.84. The lowest BCUT2D eigenvalue weighted by Crippen LogP contribution is -2.23. The molecule has 1 heterocycles. The molecule has 5 nitrogen and oxygen atoms in total. The number of carbonyl (C=O) groups is 1. The Morgan fingerprint density at radius 2 is 2.35 bits per heavy atom. The summed E-state index contributed by atoms with van der Waals surface area (Å²) in [4.78, 5) is 15.4. The van der Waals surface area contributed by atoms with Gasteiger partial charge < -0.3 is 16.4 Å². The Balaban J connectivity index is 2.74. The molecule has 1 atom stereocenters. The zero-order valence-corrected chi connectivity index (χ0v) is 10.4. The quantitative estimate of drug-likeness (QED) is 0.688. The molecule has 1 aromatic rings. The molecule has 0 aromatic carbocycles. The molecule has 17 heavy (non-hydrogen) atoms. The van der Waals surface area contributed by atoms with E-state index in [1.807, 2.05) is 6.07 Å². The Kier molecular flexibility index (Phi) is 5.42. The van der Waals surface area contributed by atoms with Crippen LogP contribution in [-0.4, -0.2) is 30.5 Å². The number of carbonyl (C=O) groups excluding carboxylic acids is 1. The smallest absolute Gasteiger partial charge is 0.269 e. The number of aromatic nitrogens is 1. The maximum absolute atomic E-state index is 11.4. The molecule has 0 fully saturated rings. The van der Waals surface area contributed by atoms with Crippen molar-refractivity contribution in [1.82, 2.24) is 10.3 Å². The number of hydrogen-bond acceptors (Lipinski definition) is 4. The van der Waals surface area contributed by atoms with Gasteiger partial charge in [-0.15, -0.1) is 0 Å². The van der Waals surface area contributed by atoms with Crippen LogP contribution >= 0.6 is 0 Å². The van der Waals surface area contributed by atoms with Crippen LogP contribution < -0.4 is 16.4 Å². The average molecular weight is 236 g/mol. The molecule has 0 spiro atoms. The zero-order valence-electron chi connectivity index (χ0n) is 10.4. The van der Waals surface area contributed by atoms with E-state index in [9.17, 15) is 4.79 Å².